The molecule has 0 saturated heterocycles. The van der Waals surface area contributed by atoms with E-state index in [-0.39, 0.29) is 0 Å². The van der Waals surface area contributed by atoms with Gasteiger partial charge in [0.05, 0.1) is 11.4 Å². The molecule has 1 saturated carbocycles. The van der Waals surface area contributed by atoms with Crippen LogP contribution < -0.4 is 0 Å². The van der Waals surface area contributed by atoms with Gasteiger partial charge >= 0.3 is 0 Å². The molecule has 0 unspecified atom stereocenters. The molecule has 1 aromatic carbocycles. The lowest BCUT2D eigenvalue weighted by molar-refractivity contribution is 0.252. The summed E-state index contributed by atoms with van der Waals surface area (Å²) in [6, 6.07) is 13.2. The van der Waals surface area contributed by atoms with Gasteiger partial charge in [-0.2, -0.15) is 10.2 Å². The first kappa shape index (κ1) is 21.0. The van der Waals surface area contributed by atoms with Crippen LogP contribution in [-0.4, -0.2) is 10.2 Å². The van der Waals surface area contributed by atoms with E-state index in [0.717, 1.165) is 29.6 Å². The molecule has 2 nitrogen and oxygen atoms in total. The third-order valence-electron chi connectivity index (χ3n) is 6.51. The molecular formula is C26H38N2. The summed E-state index contributed by atoms with van der Waals surface area (Å²) in [4.78, 5) is 0. The lowest BCUT2D eigenvalue weighted by Gasteiger charge is -2.28. The van der Waals surface area contributed by atoms with Gasteiger partial charge in [0.25, 0.3) is 0 Å². The van der Waals surface area contributed by atoms with E-state index in [1.54, 1.807) is 0 Å². The van der Waals surface area contributed by atoms with Gasteiger partial charge in [0, 0.05) is 5.56 Å². The summed E-state index contributed by atoms with van der Waals surface area (Å²) in [5.74, 6) is 1.90. The zero-order chi connectivity index (χ0) is 19.6. The third-order valence-corrected chi connectivity index (χ3v) is 6.51. The smallest absolute Gasteiger partial charge is 0.0929 e. The van der Waals surface area contributed by atoms with Gasteiger partial charge in [0.2, 0.25) is 0 Å². The highest BCUT2D eigenvalue weighted by molar-refractivity contribution is 5.58. The molecule has 28 heavy (non-hydrogen) atoms. The minimum Gasteiger partial charge on any atom is -0.155 e. The maximum absolute atomic E-state index is 4.52. The predicted molar refractivity (Wildman–Crippen MR) is 119 cm³/mol. The Bertz CT molecular complexity index is 667. The summed E-state index contributed by atoms with van der Waals surface area (Å²) in [5.41, 5.74) is 4.74. The van der Waals surface area contributed by atoms with Crippen molar-refractivity contribution in [2.45, 2.75) is 90.9 Å². The van der Waals surface area contributed by atoms with Gasteiger partial charge in [-0.25, -0.2) is 0 Å². The van der Waals surface area contributed by atoms with Crippen molar-refractivity contribution >= 4 is 0 Å². The van der Waals surface area contributed by atoms with Gasteiger partial charge < -0.3 is 0 Å². The lowest BCUT2D eigenvalue weighted by Crippen LogP contribution is -2.15. The fourth-order valence-electron chi connectivity index (χ4n) is 4.64. The molecule has 2 heteroatoms. The second kappa shape index (κ2) is 11.3. The Hall–Kier alpha value is -1.70. The summed E-state index contributed by atoms with van der Waals surface area (Å²) < 4.78 is 0. The molecule has 1 fully saturated rings. The largest absolute Gasteiger partial charge is 0.155 e. The molecule has 0 amide bonds. The van der Waals surface area contributed by atoms with E-state index in [2.05, 4.69) is 60.4 Å². The molecule has 152 valence electrons. The molecule has 3 rings (SSSR count). The molecular weight excluding hydrogens is 340 g/mol. The second-order valence-electron chi connectivity index (χ2n) is 8.78. The molecule has 1 heterocycles. The van der Waals surface area contributed by atoms with Gasteiger partial charge in [0.15, 0.2) is 0 Å². The van der Waals surface area contributed by atoms with Gasteiger partial charge in [-0.3, -0.25) is 0 Å². The van der Waals surface area contributed by atoms with Crippen LogP contribution in [0.2, 0.25) is 0 Å². The van der Waals surface area contributed by atoms with Crippen LogP contribution in [0.25, 0.3) is 11.3 Å². The quantitative estimate of drug-likeness (QED) is 0.402. The molecule has 2 aromatic rings. The first-order valence-electron chi connectivity index (χ1n) is 11.7. The first-order valence-corrected chi connectivity index (χ1v) is 11.7. The molecule has 0 aliphatic heterocycles. The molecule has 0 atom stereocenters. The Morgan fingerprint density at radius 3 is 2.04 bits per heavy atom. The Morgan fingerprint density at radius 2 is 1.43 bits per heavy atom. The average molecular weight is 379 g/mol. The van der Waals surface area contributed by atoms with Crippen LogP contribution in [0.1, 0.15) is 89.3 Å². The minimum atomic E-state index is 0.898. The van der Waals surface area contributed by atoms with E-state index >= 15 is 0 Å². The minimum absolute atomic E-state index is 0.898. The van der Waals surface area contributed by atoms with Crippen LogP contribution in [0.15, 0.2) is 36.4 Å². The van der Waals surface area contributed by atoms with Crippen LogP contribution in [0.5, 0.6) is 0 Å². The van der Waals surface area contributed by atoms with E-state index in [1.165, 1.54) is 81.8 Å². The fraction of sp³-hybridized carbons (Fsp3) is 0.615. The third kappa shape index (κ3) is 6.43. The number of nitrogens with zero attached hydrogens (tertiary/aromatic N) is 2. The molecule has 0 N–H and O–H groups in total. The number of aromatic nitrogens is 2. The van der Waals surface area contributed by atoms with E-state index in [9.17, 15) is 0 Å². The maximum atomic E-state index is 4.52. The summed E-state index contributed by atoms with van der Waals surface area (Å²) in [6.07, 6.45) is 15.9. The van der Waals surface area contributed by atoms with Crippen molar-refractivity contribution in [2.24, 2.45) is 11.8 Å². The van der Waals surface area contributed by atoms with Crippen molar-refractivity contribution in [2.75, 3.05) is 0 Å². The predicted octanol–water partition coefficient (Wildman–Crippen LogP) is 7.42. The van der Waals surface area contributed by atoms with E-state index in [1.807, 2.05) is 0 Å². The molecule has 1 aromatic heterocycles. The van der Waals surface area contributed by atoms with Crippen LogP contribution >= 0.6 is 0 Å². The van der Waals surface area contributed by atoms with Crippen molar-refractivity contribution < 1.29 is 0 Å². The Labute approximate surface area is 172 Å². The van der Waals surface area contributed by atoms with Crippen molar-refractivity contribution in [3.8, 4) is 11.3 Å². The Balaban J connectivity index is 1.46. The highest BCUT2D eigenvalue weighted by Crippen LogP contribution is 2.33. The molecule has 1 aliphatic rings. The van der Waals surface area contributed by atoms with Crippen molar-refractivity contribution in [3.63, 3.8) is 0 Å². The van der Waals surface area contributed by atoms with Crippen LogP contribution in [0.3, 0.4) is 0 Å². The molecule has 0 radical (unpaired) electrons. The molecule has 0 spiro atoms. The number of hydrogen-bond acceptors (Lipinski definition) is 2. The second-order valence-corrected chi connectivity index (χ2v) is 8.78. The summed E-state index contributed by atoms with van der Waals surface area (Å²) >= 11 is 0. The summed E-state index contributed by atoms with van der Waals surface area (Å²) in [6.45, 7) is 4.57. The summed E-state index contributed by atoms with van der Waals surface area (Å²) in [7, 11) is 0. The maximum Gasteiger partial charge on any atom is 0.0929 e. The van der Waals surface area contributed by atoms with Crippen LogP contribution in [0.4, 0.5) is 0 Å². The number of unbranched alkanes of at least 4 members (excludes halogenated alkanes) is 2. The van der Waals surface area contributed by atoms with E-state index in [4.69, 9.17) is 0 Å². The standard InChI is InChI=1S/C26H38N2/c1-3-5-6-8-22-13-16-24(17-14-22)26-20-19-25(27-28-26)18-15-23-11-9-21(7-4-2)10-12-23/h13-14,16-17,19-21,23H,3-12,15,18H2,1-2H3. The topological polar surface area (TPSA) is 25.8 Å². The highest BCUT2D eigenvalue weighted by Gasteiger charge is 2.20. The van der Waals surface area contributed by atoms with Gasteiger partial charge in [-0.05, 0) is 55.2 Å². The molecule has 1 aliphatic carbocycles. The SMILES string of the molecule is CCCCCc1ccc(-c2ccc(CCC3CCC(CCC)CC3)nn2)cc1. The number of hydrogen-bond donors (Lipinski definition) is 0. The normalized spacial score (nSPS) is 19.6. The fourth-order valence-corrected chi connectivity index (χ4v) is 4.64. The lowest BCUT2D eigenvalue weighted by atomic mass is 9.78. The van der Waals surface area contributed by atoms with E-state index in [0.29, 0.717) is 0 Å². The van der Waals surface area contributed by atoms with Crippen molar-refractivity contribution in [1.82, 2.24) is 10.2 Å². The monoisotopic (exact) mass is 378 g/mol. The Kier molecular flexibility index (Phi) is 8.51. The first-order chi connectivity index (χ1) is 13.8. The van der Waals surface area contributed by atoms with Crippen molar-refractivity contribution in [1.29, 1.82) is 0 Å². The highest BCUT2D eigenvalue weighted by atomic mass is 15.1. The van der Waals surface area contributed by atoms with Crippen molar-refractivity contribution in [3.05, 3.63) is 47.7 Å². The average Bonchev–Trinajstić information content (AvgIpc) is 2.75. The van der Waals surface area contributed by atoms with E-state index < -0.39 is 0 Å². The summed E-state index contributed by atoms with van der Waals surface area (Å²) in [5, 5.41) is 9.02. The number of rotatable bonds is 10. The van der Waals surface area contributed by atoms with Gasteiger partial charge in [-0.15, -0.1) is 0 Å². The number of aryl methyl sites for hydroxylation is 2. The Morgan fingerprint density at radius 1 is 0.714 bits per heavy atom. The zero-order valence-electron chi connectivity index (χ0n) is 18.0. The number of benzene rings is 1. The molecule has 0 bridgehead atoms. The zero-order valence-corrected chi connectivity index (χ0v) is 18.0. The van der Waals surface area contributed by atoms with Crippen LogP contribution in [-0.2, 0) is 12.8 Å². The van der Waals surface area contributed by atoms with Gasteiger partial charge in [-0.1, -0.05) is 89.5 Å². The van der Waals surface area contributed by atoms with Crippen LogP contribution in [0, 0.1) is 11.8 Å². The van der Waals surface area contributed by atoms with Gasteiger partial charge in [0.1, 0.15) is 0 Å².